The van der Waals surface area contributed by atoms with Crippen LogP contribution in [0, 0.1) is 6.92 Å². The standard InChI is InChI=1S/C23H29N5O3/c1-15-7-9-24-19(13-15)26-20-14-16-8-11-28(10-2-12-29)23(31)21(16)22(27-20)25-17-3-5-18(30)6-4-17/h7-9,11,13-14,17-18,29-30H,2-6,10,12H2,1H3,(H2,24,25,26,27). The van der Waals surface area contributed by atoms with Crippen LogP contribution < -0.4 is 16.2 Å². The summed E-state index contributed by atoms with van der Waals surface area (Å²) in [6.07, 6.45) is 6.89. The molecule has 164 valence electrons. The van der Waals surface area contributed by atoms with Gasteiger partial charge in [-0.3, -0.25) is 4.79 Å². The summed E-state index contributed by atoms with van der Waals surface area (Å²) in [6.45, 7) is 2.48. The summed E-state index contributed by atoms with van der Waals surface area (Å²) >= 11 is 0. The van der Waals surface area contributed by atoms with Gasteiger partial charge in [-0.05, 0) is 74.2 Å². The van der Waals surface area contributed by atoms with Crippen LogP contribution in [0.2, 0.25) is 0 Å². The number of aliphatic hydroxyl groups is 2. The number of anilines is 3. The average molecular weight is 424 g/mol. The number of aliphatic hydroxyl groups excluding tert-OH is 2. The molecule has 0 aromatic carbocycles. The predicted molar refractivity (Wildman–Crippen MR) is 122 cm³/mol. The first-order valence-corrected chi connectivity index (χ1v) is 10.8. The normalized spacial score (nSPS) is 18.8. The summed E-state index contributed by atoms with van der Waals surface area (Å²) in [5.41, 5.74) is 0.959. The highest BCUT2D eigenvalue weighted by molar-refractivity contribution is 5.93. The molecular weight excluding hydrogens is 394 g/mol. The zero-order valence-corrected chi connectivity index (χ0v) is 17.7. The van der Waals surface area contributed by atoms with Gasteiger partial charge in [-0.2, -0.15) is 0 Å². The second kappa shape index (κ2) is 9.45. The third-order valence-electron chi connectivity index (χ3n) is 5.72. The van der Waals surface area contributed by atoms with Crippen molar-refractivity contribution in [3.63, 3.8) is 0 Å². The van der Waals surface area contributed by atoms with Crippen LogP contribution in [-0.4, -0.2) is 43.5 Å². The van der Waals surface area contributed by atoms with E-state index < -0.39 is 0 Å². The molecule has 3 aromatic rings. The van der Waals surface area contributed by atoms with E-state index >= 15 is 0 Å². The fourth-order valence-electron chi connectivity index (χ4n) is 4.04. The molecule has 8 nitrogen and oxygen atoms in total. The molecule has 0 spiro atoms. The zero-order chi connectivity index (χ0) is 21.8. The molecule has 1 aliphatic rings. The van der Waals surface area contributed by atoms with Gasteiger partial charge in [0.1, 0.15) is 17.5 Å². The molecular formula is C23H29N5O3. The summed E-state index contributed by atoms with van der Waals surface area (Å²) in [5.74, 6) is 1.84. The van der Waals surface area contributed by atoms with Crippen molar-refractivity contribution in [1.29, 1.82) is 0 Å². The lowest BCUT2D eigenvalue weighted by Gasteiger charge is -2.27. The molecule has 0 atom stereocenters. The van der Waals surface area contributed by atoms with Gasteiger partial charge in [-0.25, -0.2) is 9.97 Å². The van der Waals surface area contributed by atoms with Gasteiger partial charge >= 0.3 is 0 Å². The SMILES string of the molecule is Cc1ccnc(Nc2cc3ccn(CCCO)c(=O)c3c(NC3CCC(O)CC3)n2)c1. The molecule has 1 fully saturated rings. The Kier molecular flexibility index (Phi) is 6.48. The Morgan fingerprint density at radius 3 is 2.71 bits per heavy atom. The largest absolute Gasteiger partial charge is 0.396 e. The number of pyridine rings is 3. The van der Waals surface area contributed by atoms with E-state index in [9.17, 15) is 9.90 Å². The fourth-order valence-corrected chi connectivity index (χ4v) is 4.04. The fraction of sp³-hybridized carbons (Fsp3) is 0.435. The molecule has 1 aliphatic carbocycles. The number of nitrogens with one attached hydrogen (secondary N) is 2. The number of hydrogen-bond donors (Lipinski definition) is 4. The third-order valence-corrected chi connectivity index (χ3v) is 5.72. The molecule has 8 heteroatoms. The highest BCUT2D eigenvalue weighted by Crippen LogP contribution is 2.27. The topological polar surface area (TPSA) is 112 Å². The van der Waals surface area contributed by atoms with E-state index in [-0.39, 0.29) is 24.3 Å². The number of rotatable bonds is 7. The van der Waals surface area contributed by atoms with Crippen molar-refractivity contribution in [1.82, 2.24) is 14.5 Å². The van der Waals surface area contributed by atoms with Gasteiger partial charge in [0.2, 0.25) is 0 Å². The van der Waals surface area contributed by atoms with Crippen LogP contribution in [0.25, 0.3) is 10.8 Å². The van der Waals surface area contributed by atoms with E-state index in [4.69, 9.17) is 10.1 Å². The van der Waals surface area contributed by atoms with Crippen molar-refractivity contribution >= 4 is 28.2 Å². The number of hydrogen-bond acceptors (Lipinski definition) is 7. The summed E-state index contributed by atoms with van der Waals surface area (Å²) in [7, 11) is 0. The van der Waals surface area contributed by atoms with E-state index in [1.807, 2.05) is 31.2 Å². The lowest BCUT2D eigenvalue weighted by molar-refractivity contribution is 0.126. The maximum atomic E-state index is 13.2. The predicted octanol–water partition coefficient (Wildman–Crippen LogP) is 2.94. The van der Waals surface area contributed by atoms with E-state index in [2.05, 4.69) is 15.6 Å². The highest BCUT2D eigenvalue weighted by atomic mass is 16.3. The van der Waals surface area contributed by atoms with Crippen LogP contribution in [-0.2, 0) is 6.54 Å². The Morgan fingerprint density at radius 1 is 1.16 bits per heavy atom. The van der Waals surface area contributed by atoms with Gasteiger partial charge in [0.25, 0.3) is 5.56 Å². The van der Waals surface area contributed by atoms with Gasteiger partial charge in [0, 0.05) is 31.6 Å². The third kappa shape index (κ3) is 5.03. The van der Waals surface area contributed by atoms with Crippen LogP contribution >= 0.6 is 0 Å². The minimum atomic E-state index is -0.251. The van der Waals surface area contributed by atoms with Gasteiger partial charge in [-0.15, -0.1) is 0 Å². The minimum absolute atomic E-state index is 0.0323. The zero-order valence-electron chi connectivity index (χ0n) is 17.7. The smallest absolute Gasteiger partial charge is 0.262 e. The second-order valence-corrected chi connectivity index (χ2v) is 8.20. The van der Waals surface area contributed by atoms with Crippen LogP contribution in [0.4, 0.5) is 17.5 Å². The van der Waals surface area contributed by atoms with Gasteiger partial charge in [0.15, 0.2) is 0 Å². The van der Waals surface area contributed by atoms with Gasteiger partial charge < -0.3 is 25.4 Å². The van der Waals surface area contributed by atoms with Gasteiger partial charge in [-0.1, -0.05) is 0 Å². The van der Waals surface area contributed by atoms with Crippen LogP contribution in [0.1, 0.15) is 37.7 Å². The van der Waals surface area contributed by atoms with E-state index in [0.29, 0.717) is 35.8 Å². The second-order valence-electron chi connectivity index (χ2n) is 8.20. The van der Waals surface area contributed by atoms with Crippen LogP contribution in [0.15, 0.2) is 41.5 Å². The number of aryl methyl sites for hydroxylation is 2. The Labute approximate surface area is 181 Å². The average Bonchev–Trinajstić information content (AvgIpc) is 2.75. The molecule has 0 amide bonds. The Morgan fingerprint density at radius 2 is 1.97 bits per heavy atom. The Bertz CT molecular complexity index is 1110. The van der Waals surface area contributed by atoms with Crippen molar-refractivity contribution in [2.75, 3.05) is 17.2 Å². The quantitative estimate of drug-likeness (QED) is 0.462. The summed E-state index contributed by atoms with van der Waals surface area (Å²) in [4.78, 5) is 22.3. The first-order valence-electron chi connectivity index (χ1n) is 10.8. The van der Waals surface area contributed by atoms with Crippen molar-refractivity contribution in [2.24, 2.45) is 0 Å². The Balaban J connectivity index is 1.73. The summed E-state index contributed by atoms with van der Waals surface area (Å²) in [5, 5.41) is 27.0. The maximum Gasteiger partial charge on any atom is 0.262 e. The molecule has 1 saturated carbocycles. The monoisotopic (exact) mass is 423 g/mol. The number of fused-ring (bicyclic) bond motifs is 1. The molecule has 4 N–H and O–H groups in total. The maximum absolute atomic E-state index is 13.2. The molecule has 0 unspecified atom stereocenters. The lowest BCUT2D eigenvalue weighted by atomic mass is 9.93. The van der Waals surface area contributed by atoms with Crippen molar-refractivity contribution < 1.29 is 10.2 Å². The molecule has 0 radical (unpaired) electrons. The first kappa shape index (κ1) is 21.3. The number of aromatic nitrogens is 3. The number of nitrogens with zero attached hydrogens (tertiary/aromatic N) is 3. The first-order chi connectivity index (χ1) is 15.0. The molecule has 4 rings (SSSR count). The van der Waals surface area contributed by atoms with E-state index in [0.717, 1.165) is 36.6 Å². The van der Waals surface area contributed by atoms with E-state index in [1.54, 1.807) is 17.0 Å². The summed E-state index contributed by atoms with van der Waals surface area (Å²) in [6, 6.07) is 7.78. The van der Waals surface area contributed by atoms with Crippen molar-refractivity contribution in [2.45, 2.75) is 57.7 Å². The lowest BCUT2D eigenvalue weighted by Crippen LogP contribution is -2.30. The summed E-state index contributed by atoms with van der Waals surface area (Å²) < 4.78 is 1.62. The Hall–Kier alpha value is -2.97. The molecule has 3 aromatic heterocycles. The van der Waals surface area contributed by atoms with Crippen molar-refractivity contribution in [3.05, 3.63) is 52.6 Å². The van der Waals surface area contributed by atoms with E-state index in [1.165, 1.54) is 0 Å². The molecule has 3 heterocycles. The molecule has 0 aliphatic heterocycles. The highest BCUT2D eigenvalue weighted by Gasteiger charge is 2.21. The molecule has 0 bridgehead atoms. The van der Waals surface area contributed by atoms with Crippen LogP contribution in [0.3, 0.4) is 0 Å². The molecule has 31 heavy (non-hydrogen) atoms. The minimum Gasteiger partial charge on any atom is -0.396 e. The molecule has 0 saturated heterocycles. The van der Waals surface area contributed by atoms with Crippen LogP contribution in [0.5, 0.6) is 0 Å². The van der Waals surface area contributed by atoms with Gasteiger partial charge in [0.05, 0.1) is 11.5 Å². The van der Waals surface area contributed by atoms with Crippen molar-refractivity contribution in [3.8, 4) is 0 Å².